The van der Waals surface area contributed by atoms with Gasteiger partial charge >= 0.3 is 5.97 Å². The zero-order valence-corrected chi connectivity index (χ0v) is 15.7. The van der Waals surface area contributed by atoms with E-state index >= 15 is 0 Å². The predicted molar refractivity (Wildman–Crippen MR) is 100 cm³/mol. The quantitative estimate of drug-likeness (QED) is 0.280. The minimum Gasteiger partial charge on any atom is -0.489 e. The SMILES string of the molecule is CCCCCC(=O)C=CC1CCC(C(=O)OC2=CC3=CCOC3=C2)C(=O)C1. The highest BCUT2D eigenvalue weighted by Crippen LogP contribution is 2.32. The minimum absolute atomic E-state index is 0.0300. The number of rotatable bonds is 8. The topological polar surface area (TPSA) is 69.7 Å². The summed E-state index contributed by atoms with van der Waals surface area (Å²) in [5, 5.41) is 0. The molecule has 1 saturated carbocycles. The van der Waals surface area contributed by atoms with Crippen molar-refractivity contribution in [2.45, 2.75) is 51.9 Å². The Morgan fingerprint density at radius 3 is 2.85 bits per heavy atom. The van der Waals surface area contributed by atoms with E-state index in [2.05, 4.69) is 6.92 Å². The molecule has 3 aliphatic rings. The van der Waals surface area contributed by atoms with E-state index in [-0.39, 0.29) is 23.9 Å². The molecule has 5 heteroatoms. The molecular formula is C22H26O5. The molecule has 0 radical (unpaired) electrons. The molecule has 1 fully saturated rings. The number of fused-ring (bicyclic) bond motifs is 1. The first-order valence-electron chi connectivity index (χ1n) is 9.79. The molecule has 3 rings (SSSR count). The highest BCUT2D eigenvalue weighted by Gasteiger charge is 2.35. The first-order chi connectivity index (χ1) is 13.1. The van der Waals surface area contributed by atoms with Gasteiger partial charge in [-0.1, -0.05) is 25.8 Å². The van der Waals surface area contributed by atoms with Crippen LogP contribution in [0.3, 0.4) is 0 Å². The van der Waals surface area contributed by atoms with E-state index in [1.54, 1.807) is 18.2 Å². The van der Waals surface area contributed by atoms with Gasteiger partial charge in [0.25, 0.3) is 0 Å². The van der Waals surface area contributed by atoms with Crippen molar-refractivity contribution in [3.63, 3.8) is 0 Å². The summed E-state index contributed by atoms with van der Waals surface area (Å²) in [6.45, 7) is 2.64. The number of carbonyl (C=O) groups excluding carboxylic acids is 3. The summed E-state index contributed by atoms with van der Waals surface area (Å²) < 4.78 is 10.7. The minimum atomic E-state index is -0.718. The fraction of sp³-hybridized carbons (Fsp3) is 0.500. The van der Waals surface area contributed by atoms with Crippen molar-refractivity contribution in [2.75, 3.05) is 6.61 Å². The molecule has 2 aliphatic carbocycles. The van der Waals surface area contributed by atoms with E-state index in [4.69, 9.17) is 9.47 Å². The van der Waals surface area contributed by atoms with E-state index in [0.29, 0.717) is 37.4 Å². The molecule has 1 aliphatic heterocycles. The maximum Gasteiger partial charge on any atom is 0.321 e. The number of allylic oxidation sites excluding steroid dienone is 4. The zero-order valence-electron chi connectivity index (χ0n) is 15.7. The Hall–Kier alpha value is -2.43. The molecule has 5 nitrogen and oxygen atoms in total. The van der Waals surface area contributed by atoms with Crippen molar-refractivity contribution in [3.8, 4) is 0 Å². The van der Waals surface area contributed by atoms with Crippen molar-refractivity contribution in [2.24, 2.45) is 11.8 Å². The smallest absolute Gasteiger partial charge is 0.321 e. The van der Waals surface area contributed by atoms with Crippen LogP contribution in [0.2, 0.25) is 0 Å². The van der Waals surface area contributed by atoms with Crippen LogP contribution in [0.1, 0.15) is 51.9 Å². The zero-order chi connectivity index (χ0) is 19.2. The maximum absolute atomic E-state index is 12.4. The van der Waals surface area contributed by atoms with E-state index in [0.717, 1.165) is 24.8 Å². The molecule has 0 saturated heterocycles. The van der Waals surface area contributed by atoms with Gasteiger partial charge in [-0.05, 0) is 43.4 Å². The maximum atomic E-state index is 12.4. The van der Waals surface area contributed by atoms with Crippen LogP contribution in [-0.2, 0) is 23.9 Å². The Labute approximate surface area is 159 Å². The third-order valence-electron chi connectivity index (χ3n) is 5.16. The number of esters is 1. The lowest BCUT2D eigenvalue weighted by molar-refractivity contribution is -0.149. The average molecular weight is 370 g/mol. The number of hydrogen-bond acceptors (Lipinski definition) is 5. The number of hydrogen-bond donors (Lipinski definition) is 0. The lowest BCUT2D eigenvalue weighted by Gasteiger charge is -2.24. The monoisotopic (exact) mass is 370 g/mol. The molecule has 144 valence electrons. The molecule has 0 aromatic rings. The standard InChI is InChI=1S/C22H26O5/c1-2-3-4-5-17(23)8-6-15-7-9-19(20(24)12-15)22(25)27-18-13-16-10-11-26-21(16)14-18/h6,8,10,13-15,19H,2-5,7,9,11-12H2,1H3. The lowest BCUT2D eigenvalue weighted by Crippen LogP contribution is -2.31. The predicted octanol–water partition coefficient (Wildman–Crippen LogP) is 3.96. The molecule has 0 aromatic carbocycles. The summed E-state index contributed by atoms with van der Waals surface area (Å²) in [6, 6.07) is 0. The number of ketones is 2. The second-order valence-electron chi connectivity index (χ2n) is 7.29. The van der Waals surface area contributed by atoms with E-state index < -0.39 is 11.9 Å². The third kappa shape index (κ3) is 5.06. The molecule has 2 unspecified atom stereocenters. The van der Waals surface area contributed by atoms with Gasteiger partial charge in [-0.25, -0.2) is 0 Å². The highest BCUT2D eigenvalue weighted by atomic mass is 16.5. The highest BCUT2D eigenvalue weighted by molar-refractivity contribution is 6.00. The Bertz CT molecular complexity index is 738. The second-order valence-corrected chi connectivity index (χ2v) is 7.29. The number of carbonyl (C=O) groups is 3. The summed E-state index contributed by atoms with van der Waals surface area (Å²) in [7, 11) is 0. The Kier molecular flexibility index (Phi) is 6.43. The largest absolute Gasteiger partial charge is 0.489 e. The van der Waals surface area contributed by atoms with Crippen LogP contribution in [0, 0.1) is 11.8 Å². The van der Waals surface area contributed by atoms with Gasteiger partial charge in [-0.15, -0.1) is 0 Å². The first kappa shape index (κ1) is 19.3. The van der Waals surface area contributed by atoms with Crippen molar-refractivity contribution in [3.05, 3.63) is 47.5 Å². The number of ether oxygens (including phenoxy) is 2. The van der Waals surface area contributed by atoms with E-state index in [9.17, 15) is 14.4 Å². The first-order valence-corrected chi connectivity index (χ1v) is 9.79. The normalized spacial score (nSPS) is 24.2. The van der Waals surface area contributed by atoms with Crippen LogP contribution in [0.15, 0.2) is 47.5 Å². The van der Waals surface area contributed by atoms with Crippen LogP contribution in [0.5, 0.6) is 0 Å². The van der Waals surface area contributed by atoms with E-state index in [1.165, 1.54) is 0 Å². The fourth-order valence-electron chi connectivity index (χ4n) is 3.56. The Balaban J connectivity index is 1.46. The average Bonchev–Trinajstić information content (AvgIpc) is 3.21. The van der Waals surface area contributed by atoms with Crippen LogP contribution < -0.4 is 0 Å². The van der Waals surface area contributed by atoms with Gasteiger partial charge in [0, 0.05) is 24.5 Å². The summed E-state index contributed by atoms with van der Waals surface area (Å²) in [4.78, 5) is 36.6. The molecule has 0 N–H and O–H groups in total. The molecule has 2 atom stereocenters. The molecule has 0 aromatic heterocycles. The van der Waals surface area contributed by atoms with Gasteiger partial charge in [0.1, 0.15) is 29.8 Å². The van der Waals surface area contributed by atoms with Crippen LogP contribution >= 0.6 is 0 Å². The fourth-order valence-corrected chi connectivity index (χ4v) is 3.56. The van der Waals surface area contributed by atoms with Gasteiger partial charge in [-0.2, -0.15) is 0 Å². The van der Waals surface area contributed by atoms with Gasteiger partial charge in [0.2, 0.25) is 0 Å². The van der Waals surface area contributed by atoms with E-state index in [1.807, 2.05) is 12.2 Å². The van der Waals surface area contributed by atoms with Crippen LogP contribution in [-0.4, -0.2) is 24.1 Å². The summed E-state index contributed by atoms with van der Waals surface area (Å²) in [5.41, 5.74) is 0.918. The summed E-state index contributed by atoms with van der Waals surface area (Å²) in [5.74, 6) is -0.0503. The van der Waals surface area contributed by atoms with Crippen molar-refractivity contribution in [1.29, 1.82) is 0 Å². The molecule has 0 spiro atoms. The summed E-state index contributed by atoms with van der Waals surface area (Å²) >= 11 is 0. The number of unbranched alkanes of at least 4 members (excludes halogenated alkanes) is 2. The van der Waals surface area contributed by atoms with Crippen LogP contribution in [0.25, 0.3) is 0 Å². The van der Waals surface area contributed by atoms with Gasteiger partial charge < -0.3 is 9.47 Å². The molecule has 1 heterocycles. The van der Waals surface area contributed by atoms with Crippen molar-refractivity contribution in [1.82, 2.24) is 0 Å². The van der Waals surface area contributed by atoms with Gasteiger partial charge in [0.05, 0.1) is 0 Å². The summed E-state index contributed by atoms with van der Waals surface area (Å²) in [6.07, 6.45) is 13.9. The third-order valence-corrected chi connectivity index (χ3v) is 5.16. The van der Waals surface area contributed by atoms with Gasteiger partial charge in [0.15, 0.2) is 5.78 Å². The number of Topliss-reactive ketones (excluding diaryl/α,β-unsaturated/α-hetero) is 1. The Morgan fingerprint density at radius 1 is 1.26 bits per heavy atom. The van der Waals surface area contributed by atoms with Crippen molar-refractivity contribution < 1.29 is 23.9 Å². The molecule has 0 amide bonds. The molecule has 0 bridgehead atoms. The lowest BCUT2D eigenvalue weighted by atomic mass is 9.80. The molecular weight excluding hydrogens is 344 g/mol. The van der Waals surface area contributed by atoms with Crippen LogP contribution in [0.4, 0.5) is 0 Å². The Morgan fingerprint density at radius 2 is 2.11 bits per heavy atom. The molecule has 27 heavy (non-hydrogen) atoms. The van der Waals surface area contributed by atoms with Crippen molar-refractivity contribution >= 4 is 17.5 Å². The second kappa shape index (κ2) is 8.98. The van der Waals surface area contributed by atoms with Gasteiger partial charge in [-0.3, -0.25) is 14.4 Å².